The van der Waals surface area contributed by atoms with E-state index in [0.29, 0.717) is 31.2 Å². The maximum atomic E-state index is 12.5. The summed E-state index contributed by atoms with van der Waals surface area (Å²) in [6.07, 6.45) is 1.21. The minimum absolute atomic E-state index is 0.0655. The molecule has 122 valence electrons. The minimum atomic E-state index is 0.0655. The lowest BCUT2D eigenvalue weighted by Crippen LogP contribution is -2.48. The van der Waals surface area contributed by atoms with Crippen LogP contribution in [0.15, 0.2) is 24.3 Å². The Balaban J connectivity index is 1.93. The zero-order valence-electron chi connectivity index (χ0n) is 14.0. The predicted molar refractivity (Wildman–Crippen MR) is 87.3 cm³/mol. The molecule has 1 aromatic carbocycles. The number of hydrogen-bond acceptors (Lipinski definition) is 3. The lowest BCUT2D eigenvalue weighted by molar-refractivity contribution is -0.0586. The Morgan fingerprint density at radius 1 is 1.23 bits per heavy atom. The zero-order chi connectivity index (χ0) is 16.1. The van der Waals surface area contributed by atoms with E-state index in [1.165, 1.54) is 0 Å². The molecule has 1 amide bonds. The van der Waals surface area contributed by atoms with Crippen molar-refractivity contribution in [1.82, 2.24) is 4.90 Å². The van der Waals surface area contributed by atoms with E-state index in [0.717, 1.165) is 12.2 Å². The van der Waals surface area contributed by atoms with Crippen molar-refractivity contribution in [3.8, 4) is 5.75 Å². The molecule has 2 atom stereocenters. The third kappa shape index (κ3) is 4.73. The van der Waals surface area contributed by atoms with Gasteiger partial charge in [0, 0.05) is 18.7 Å². The van der Waals surface area contributed by atoms with Crippen molar-refractivity contribution >= 4 is 5.91 Å². The van der Waals surface area contributed by atoms with Crippen LogP contribution in [-0.2, 0) is 4.74 Å². The number of morpholine rings is 1. The summed E-state index contributed by atoms with van der Waals surface area (Å²) < 4.78 is 11.4. The molecule has 4 nitrogen and oxygen atoms in total. The van der Waals surface area contributed by atoms with Gasteiger partial charge in [0.15, 0.2) is 0 Å². The van der Waals surface area contributed by atoms with Crippen LogP contribution in [0.25, 0.3) is 0 Å². The molecular weight excluding hydrogens is 278 g/mol. The first-order valence-electron chi connectivity index (χ1n) is 8.13. The van der Waals surface area contributed by atoms with Crippen LogP contribution in [0.2, 0.25) is 0 Å². The second kappa shape index (κ2) is 7.63. The zero-order valence-corrected chi connectivity index (χ0v) is 14.0. The fraction of sp³-hybridized carbons (Fsp3) is 0.611. The first-order chi connectivity index (χ1) is 10.5. The van der Waals surface area contributed by atoms with Crippen molar-refractivity contribution < 1.29 is 14.3 Å². The fourth-order valence-electron chi connectivity index (χ4n) is 2.63. The van der Waals surface area contributed by atoms with Crippen LogP contribution in [0.1, 0.15) is 44.5 Å². The smallest absolute Gasteiger partial charge is 0.254 e. The molecule has 0 saturated carbocycles. The highest BCUT2D eigenvalue weighted by molar-refractivity contribution is 5.94. The van der Waals surface area contributed by atoms with Gasteiger partial charge in [0.2, 0.25) is 0 Å². The molecule has 1 fully saturated rings. The fourth-order valence-corrected chi connectivity index (χ4v) is 2.63. The normalized spacial score (nSPS) is 22.0. The van der Waals surface area contributed by atoms with Crippen LogP contribution in [0.3, 0.4) is 0 Å². The summed E-state index contributed by atoms with van der Waals surface area (Å²) in [6.45, 7) is 10.4. The number of benzene rings is 1. The number of hydrogen-bond donors (Lipinski definition) is 0. The van der Waals surface area contributed by atoms with Gasteiger partial charge in [-0.2, -0.15) is 0 Å². The molecule has 0 radical (unpaired) electrons. The molecule has 0 aromatic heterocycles. The molecule has 4 heteroatoms. The van der Waals surface area contributed by atoms with Crippen LogP contribution in [0.4, 0.5) is 0 Å². The first-order valence-corrected chi connectivity index (χ1v) is 8.13. The molecular formula is C18H27NO3. The summed E-state index contributed by atoms with van der Waals surface area (Å²) in [6, 6.07) is 7.44. The molecule has 22 heavy (non-hydrogen) atoms. The topological polar surface area (TPSA) is 38.8 Å². The Labute approximate surface area is 133 Å². The SMILES string of the molecule is CC(C)CCOc1ccc(C(=O)N2CC(C)OC(C)C2)cc1. The lowest BCUT2D eigenvalue weighted by atomic mass is 10.1. The lowest BCUT2D eigenvalue weighted by Gasteiger charge is -2.35. The maximum Gasteiger partial charge on any atom is 0.254 e. The van der Waals surface area contributed by atoms with Gasteiger partial charge in [-0.1, -0.05) is 13.8 Å². The summed E-state index contributed by atoms with van der Waals surface area (Å²) in [5.41, 5.74) is 0.706. The summed E-state index contributed by atoms with van der Waals surface area (Å²) in [5.74, 6) is 1.52. The Bertz CT molecular complexity index is 474. The Kier molecular flexibility index (Phi) is 5.83. The van der Waals surface area contributed by atoms with Gasteiger partial charge in [-0.3, -0.25) is 4.79 Å². The monoisotopic (exact) mass is 305 g/mol. The molecule has 0 spiro atoms. The second-order valence-electron chi connectivity index (χ2n) is 6.52. The van der Waals surface area contributed by atoms with E-state index in [9.17, 15) is 4.79 Å². The van der Waals surface area contributed by atoms with Gasteiger partial charge in [-0.15, -0.1) is 0 Å². The van der Waals surface area contributed by atoms with Crippen LogP contribution >= 0.6 is 0 Å². The highest BCUT2D eigenvalue weighted by atomic mass is 16.5. The summed E-state index contributed by atoms with van der Waals surface area (Å²) in [4.78, 5) is 14.4. The van der Waals surface area contributed by atoms with Crippen molar-refractivity contribution in [1.29, 1.82) is 0 Å². The molecule has 0 N–H and O–H groups in total. The van der Waals surface area contributed by atoms with Crippen molar-refractivity contribution in [2.24, 2.45) is 5.92 Å². The largest absolute Gasteiger partial charge is 0.494 e. The van der Waals surface area contributed by atoms with Crippen LogP contribution in [-0.4, -0.2) is 42.7 Å². The quantitative estimate of drug-likeness (QED) is 0.837. The van der Waals surface area contributed by atoms with E-state index < -0.39 is 0 Å². The van der Waals surface area contributed by atoms with Crippen LogP contribution < -0.4 is 4.74 Å². The maximum absolute atomic E-state index is 12.5. The third-order valence-electron chi connectivity index (χ3n) is 3.77. The summed E-state index contributed by atoms with van der Waals surface area (Å²) in [7, 11) is 0. The van der Waals surface area contributed by atoms with Gasteiger partial charge < -0.3 is 14.4 Å². The van der Waals surface area contributed by atoms with E-state index >= 15 is 0 Å². The van der Waals surface area contributed by atoms with Crippen LogP contribution in [0.5, 0.6) is 5.75 Å². The van der Waals surface area contributed by atoms with Crippen LogP contribution in [0, 0.1) is 5.92 Å². The number of rotatable bonds is 5. The third-order valence-corrected chi connectivity index (χ3v) is 3.77. The highest BCUT2D eigenvalue weighted by Crippen LogP contribution is 2.17. The minimum Gasteiger partial charge on any atom is -0.494 e. The molecule has 0 aliphatic carbocycles. The molecule has 2 rings (SSSR count). The molecule has 1 aliphatic heterocycles. The predicted octanol–water partition coefficient (Wildman–Crippen LogP) is 3.36. The van der Waals surface area contributed by atoms with E-state index in [2.05, 4.69) is 13.8 Å². The molecule has 1 heterocycles. The van der Waals surface area contributed by atoms with E-state index in [-0.39, 0.29) is 18.1 Å². The molecule has 2 unspecified atom stereocenters. The van der Waals surface area contributed by atoms with Crippen molar-refractivity contribution in [2.75, 3.05) is 19.7 Å². The first kappa shape index (κ1) is 16.8. The van der Waals surface area contributed by atoms with Crippen molar-refractivity contribution in [3.05, 3.63) is 29.8 Å². The molecule has 0 bridgehead atoms. The van der Waals surface area contributed by atoms with Gasteiger partial charge in [-0.05, 0) is 50.5 Å². The number of amides is 1. The number of carbonyl (C=O) groups is 1. The summed E-state index contributed by atoms with van der Waals surface area (Å²) in [5, 5.41) is 0. The van der Waals surface area contributed by atoms with Gasteiger partial charge in [0.25, 0.3) is 5.91 Å². The second-order valence-corrected chi connectivity index (χ2v) is 6.52. The van der Waals surface area contributed by atoms with Crippen molar-refractivity contribution in [2.45, 2.75) is 46.3 Å². The van der Waals surface area contributed by atoms with E-state index in [4.69, 9.17) is 9.47 Å². The molecule has 1 aromatic rings. The van der Waals surface area contributed by atoms with Crippen molar-refractivity contribution in [3.63, 3.8) is 0 Å². The molecule has 1 aliphatic rings. The Morgan fingerprint density at radius 3 is 2.36 bits per heavy atom. The average molecular weight is 305 g/mol. The average Bonchev–Trinajstić information content (AvgIpc) is 2.46. The van der Waals surface area contributed by atoms with Gasteiger partial charge in [-0.25, -0.2) is 0 Å². The number of ether oxygens (including phenoxy) is 2. The van der Waals surface area contributed by atoms with Gasteiger partial charge >= 0.3 is 0 Å². The number of carbonyl (C=O) groups excluding carboxylic acids is 1. The highest BCUT2D eigenvalue weighted by Gasteiger charge is 2.26. The summed E-state index contributed by atoms with van der Waals surface area (Å²) >= 11 is 0. The number of nitrogens with zero attached hydrogens (tertiary/aromatic N) is 1. The Morgan fingerprint density at radius 2 is 1.82 bits per heavy atom. The molecule has 1 saturated heterocycles. The van der Waals surface area contributed by atoms with E-state index in [1.807, 2.05) is 43.0 Å². The van der Waals surface area contributed by atoms with Gasteiger partial charge in [0.1, 0.15) is 5.75 Å². The Hall–Kier alpha value is -1.55. The van der Waals surface area contributed by atoms with E-state index in [1.54, 1.807) is 0 Å². The standard InChI is InChI=1S/C18H27NO3/c1-13(2)9-10-21-17-7-5-16(6-8-17)18(20)19-11-14(3)22-15(4)12-19/h5-8,13-15H,9-12H2,1-4H3. The van der Waals surface area contributed by atoms with Gasteiger partial charge in [0.05, 0.1) is 18.8 Å².